The number of benzene rings is 2. The highest BCUT2D eigenvalue weighted by Gasteiger charge is 2.27. The van der Waals surface area contributed by atoms with Gasteiger partial charge in [0.2, 0.25) is 0 Å². The Bertz CT molecular complexity index is 744. The van der Waals surface area contributed by atoms with E-state index < -0.39 is 0 Å². The molecule has 106 valence electrons. The van der Waals surface area contributed by atoms with Crippen molar-refractivity contribution in [2.75, 3.05) is 0 Å². The van der Waals surface area contributed by atoms with Crippen LogP contribution in [0.3, 0.4) is 0 Å². The summed E-state index contributed by atoms with van der Waals surface area (Å²) in [5.74, 6) is 0.480. The van der Waals surface area contributed by atoms with E-state index in [2.05, 4.69) is 42.5 Å². The molecule has 0 fully saturated rings. The number of hydrogen-bond acceptors (Lipinski definition) is 3. The summed E-state index contributed by atoms with van der Waals surface area (Å²) in [7, 11) is 0. The van der Waals surface area contributed by atoms with Gasteiger partial charge >= 0.3 is 0 Å². The van der Waals surface area contributed by atoms with Gasteiger partial charge in [-0.25, -0.2) is 4.98 Å². The van der Waals surface area contributed by atoms with Crippen LogP contribution in [-0.2, 0) is 12.8 Å². The normalized spacial score (nSPS) is 18.8. The fraction of sp³-hybridized carbons (Fsp3) is 0.278. The molecule has 0 aliphatic heterocycles. The van der Waals surface area contributed by atoms with Gasteiger partial charge in [0.15, 0.2) is 0 Å². The fourth-order valence-electron chi connectivity index (χ4n) is 3.39. The van der Waals surface area contributed by atoms with Crippen LogP contribution in [0.25, 0.3) is 10.2 Å². The SMILES string of the molecule is NC(Cc1nc2ccccc2s1)C1CCc2ccccc21. The van der Waals surface area contributed by atoms with Crippen LogP contribution in [0.4, 0.5) is 0 Å². The van der Waals surface area contributed by atoms with Gasteiger partial charge in [0.05, 0.1) is 15.2 Å². The number of para-hydroxylation sites is 1. The molecule has 1 aromatic heterocycles. The maximum atomic E-state index is 6.51. The molecule has 0 radical (unpaired) electrons. The molecule has 2 unspecified atom stereocenters. The molecule has 1 aliphatic rings. The molecule has 0 bridgehead atoms. The quantitative estimate of drug-likeness (QED) is 0.796. The number of aryl methyl sites for hydroxylation is 1. The number of nitrogens with zero attached hydrogens (tertiary/aromatic N) is 1. The van der Waals surface area contributed by atoms with Gasteiger partial charge in [0.1, 0.15) is 0 Å². The van der Waals surface area contributed by atoms with Crippen LogP contribution in [0, 0.1) is 0 Å². The Morgan fingerprint density at radius 2 is 1.95 bits per heavy atom. The second-order valence-corrected chi connectivity index (χ2v) is 6.90. The molecule has 0 spiro atoms. The van der Waals surface area contributed by atoms with Crippen molar-refractivity contribution in [3.8, 4) is 0 Å². The Kier molecular flexibility index (Phi) is 3.24. The second kappa shape index (κ2) is 5.24. The van der Waals surface area contributed by atoms with Crippen molar-refractivity contribution in [2.45, 2.75) is 31.2 Å². The monoisotopic (exact) mass is 294 g/mol. The Hall–Kier alpha value is -1.71. The van der Waals surface area contributed by atoms with Gasteiger partial charge < -0.3 is 5.73 Å². The van der Waals surface area contributed by atoms with Crippen LogP contribution in [0.1, 0.15) is 28.5 Å². The Morgan fingerprint density at radius 3 is 2.86 bits per heavy atom. The van der Waals surface area contributed by atoms with Gasteiger partial charge in [-0.3, -0.25) is 0 Å². The maximum Gasteiger partial charge on any atom is 0.0954 e. The fourth-order valence-corrected chi connectivity index (χ4v) is 4.42. The Balaban J connectivity index is 1.57. The van der Waals surface area contributed by atoms with Gasteiger partial charge in [0, 0.05) is 12.5 Å². The minimum atomic E-state index is 0.161. The zero-order chi connectivity index (χ0) is 14.2. The number of aromatic nitrogens is 1. The molecule has 0 amide bonds. The van der Waals surface area contributed by atoms with E-state index in [0.717, 1.165) is 23.4 Å². The van der Waals surface area contributed by atoms with Crippen LogP contribution in [-0.4, -0.2) is 11.0 Å². The number of nitrogens with two attached hydrogens (primary N) is 1. The lowest BCUT2D eigenvalue weighted by atomic mass is 9.92. The van der Waals surface area contributed by atoms with Gasteiger partial charge in [-0.2, -0.15) is 0 Å². The first-order valence-electron chi connectivity index (χ1n) is 7.49. The molecule has 2 atom stereocenters. The molecule has 3 heteroatoms. The van der Waals surface area contributed by atoms with Crippen LogP contribution >= 0.6 is 11.3 Å². The van der Waals surface area contributed by atoms with Crippen LogP contribution in [0.5, 0.6) is 0 Å². The van der Waals surface area contributed by atoms with Gasteiger partial charge in [-0.05, 0) is 42.0 Å². The molecule has 1 heterocycles. The van der Waals surface area contributed by atoms with Crippen molar-refractivity contribution in [3.05, 3.63) is 64.7 Å². The van der Waals surface area contributed by atoms with Crippen molar-refractivity contribution >= 4 is 21.6 Å². The summed E-state index contributed by atoms with van der Waals surface area (Å²) in [6, 6.07) is 17.2. The van der Waals surface area contributed by atoms with Gasteiger partial charge in [0.25, 0.3) is 0 Å². The summed E-state index contributed by atoms with van der Waals surface area (Å²) in [6.07, 6.45) is 3.21. The van der Waals surface area contributed by atoms with E-state index in [4.69, 9.17) is 10.7 Å². The molecule has 2 N–H and O–H groups in total. The first-order chi connectivity index (χ1) is 10.3. The van der Waals surface area contributed by atoms with E-state index >= 15 is 0 Å². The summed E-state index contributed by atoms with van der Waals surface area (Å²) < 4.78 is 1.26. The Labute approximate surface area is 128 Å². The largest absolute Gasteiger partial charge is 0.327 e. The molecule has 2 nitrogen and oxygen atoms in total. The van der Waals surface area contributed by atoms with Crippen LogP contribution in [0.2, 0.25) is 0 Å². The lowest BCUT2D eigenvalue weighted by molar-refractivity contribution is 0.524. The molecule has 1 aliphatic carbocycles. The van der Waals surface area contributed by atoms with Crippen molar-refractivity contribution in [1.29, 1.82) is 0 Å². The van der Waals surface area contributed by atoms with E-state index in [1.165, 1.54) is 22.2 Å². The first kappa shape index (κ1) is 13.0. The van der Waals surface area contributed by atoms with Crippen LogP contribution in [0.15, 0.2) is 48.5 Å². The van der Waals surface area contributed by atoms with E-state index in [1.54, 1.807) is 11.3 Å². The summed E-state index contributed by atoms with van der Waals surface area (Å²) in [6.45, 7) is 0. The highest BCUT2D eigenvalue weighted by molar-refractivity contribution is 7.18. The van der Waals surface area contributed by atoms with Crippen molar-refractivity contribution in [1.82, 2.24) is 4.98 Å². The molecular formula is C18H18N2S. The van der Waals surface area contributed by atoms with E-state index in [9.17, 15) is 0 Å². The van der Waals surface area contributed by atoms with Crippen molar-refractivity contribution in [3.63, 3.8) is 0 Å². The van der Waals surface area contributed by atoms with E-state index in [1.807, 2.05) is 6.07 Å². The third-order valence-corrected chi connectivity index (χ3v) is 5.50. The average molecular weight is 294 g/mol. The zero-order valence-corrected chi connectivity index (χ0v) is 12.6. The lowest BCUT2D eigenvalue weighted by Gasteiger charge is -2.19. The molecule has 0 saturated heterocycles. The predicted molar refractivity (Wildman–Crippen MR) is 88.8 cm³/mol. The molecule has 4 rings (SSSR count). The van der Waals surface area contributed by atoms with E-state index in [-0.39, 0.29) is 6.04 Å². The van der Waals surface area contributed by atoms with Crippen LogP contribution < -0.4 is 5.73 Å². The number of rotatable bonds is 3. The summed E-state index contributed by atoms with van der Waals surface area (Å²) in [4.78, 5) is 4.72. The molecule has 3 aromatic rings. The average Bonchev–Trinajstić information content (AvgIpc) is 3.10. The van der Waals surface area contributed by atoms with Gasteiger partial charge in [-0.1, -0.05) is 36.4 Å². The number of hydrogen-bond donors (Lipinski definition) is 1. The summed E-state index contributed by atoms with van der Waals surface area (Å²) >= 11 is 1.77. The maximum absolute atomic E-state index is 6.51. The van der Waals surface area contributed by atoms with Crippen molar-refractivity contribution < 1.29 is 0 Å². The van der Waals surface area contributed by atoms with E-state index in [0.29, 0.717) is 5.92 Å². The number of fused-ring (bicyclic) bond motifs is 2. The highest BCUT2D eigenvalue weighted by Crippen LogP contribution is 2.36. The highest BCUT2D eigenvalue weighted by atomic mass is 32.1. The number of thiazole rings is 1. The standard InChI is InChI=1S/C18H18N2S/c19-15(14-10-9-12-5-1-2-6-13(12)14)11-18-20-16-7-3-4-8-17(16)21-18/h1-8,14-15H,9-11,19H2. The second-order valence-electron chi connectivity index (χ2n) is 5.79. The van der Waals surface area contributed by atoms with Crippen molar-refractivity contribution in [2.24, 2.45) is 5.73 Å². The lowest BCUT2D eigenvalue weighted by Crippen LogP contribution is -2.29. The van der Waals surface area contributed by atoms with Gasteiger partial charge in [-0.15, -0.1) is 11.3 Å². The predicted octanol–water partition coefficient (Wildman–Crippen LogP) is 3.90. The minimum absolute atomic E-state index is 0.161. The third kappa shape index (κ3) is 2.37. The Morgan fingerprint density at radius 1 is 1.14 bits per heavy atom. The first-order valence-corrected chi connectivity index (χ1v) is 8.31. The molecule has 2 aromatic carbocycles. The molecule has 21 heavy (non-hydrogen) atoms. The third-order valence-electron chi connectivity index (χ3n) is 4.44. The summed E-state index contributed by atoms with van der Waals surface area (Å²) in [5, 5.41) is 1.16. The smallest absolute Gasteiger partial charge is 0.0954 e. The topological polar surface area (TPSA) is 38.9 Å². The zero-order valence-electron chi connectivity index (χ0n) is 11.8. The molecule has 0 saturated carbocycles. The molecular weight excluding hydrogens is 276 g/mol. The minimum Gasteiger partial charge on any atom is -0.327 e. The summed E-state index contributed by atoms with van der Waals surface area (Å²) in [5.41, 5.74) is 10.5.